The van der Waals surface area contributed by atoms with Crippen LogP contribution in [0.4, 0.5) is 0 Å². The van der Waals surface area contributed by atoms with Gasteiger partial charge in [-0.3, -0.25) is 0 Å². The van der Waals surface area contributed by atoms with Gasteiger partial charge < -0.3 is 23.7 Å². The predicted octanol–water partition coefficient (Wildman–Crippen LogP) is 6.48. The van der Waals surface area contributed by atoms with Crippen molar-refractivity contribution in [1.82, 2.24) is 0 Å². The maximum atomic E-state index is 6.48. The highest BCUT2D eigenvalue weighted by Crippen LogP contribution is 2.35. The standard InChI is InChI=1S/C27H52O5/c1-7-12-17-28-23-22(6)24(29-18-13-8-2)26(31-20-15-10-4)27(32-21-16-11-5)25(23)30-19-14-9-3/h23-27H,6-21H2,1-5H3/t23?,24?,25-,26?,27-/m1/s1. The van der Waals surface area contributed by atoms with Gasteiger partial charge in [0.15, 0.2) is 0 Å². The fraction of sp³-hybridized carbons (Fsp3) is 0.926. The van der Waals surface area contributed by atoms with Crippen LogP contribution in [0, 0.1) is 0 Å². The quantitative estimate of drug-likeness (QED) is 0.155. The van der Waals surface area contributed by atoms with Gasteiger partial charge in [0.2, 0.25) is 0 Å². The molecule has 0 radical (unpaired) electrons. The van der Waals surface area contributed by atoms with E-state index in [0.717, 1.165) is 69.8 Å². The Hall–Kier alpha value is -0.460. The average molecular weight is 457 g/mol. The molecule has 1 fully saturated rings. The molecule has 1 aliphatic rings. The van der Waals surface area contributed by atoms with Crippen LogP contribution in [0.3, 0.4) is 0 Å². The number of ether oxygens (including phenoxy) is 5. The van der Waals surface area contributed by atoms with E-state index in [4.69, 9.17) is 23.7 Å². The molecule has 0 aromatic rings. The average Bonchev–Trinajstić information content (AvgIpc) is 2.79. The van der Waals surface area contributed by atoms with Gasteiger partial charge in [0.1, 0.15) is 30.5 Å². The first kappa shape index (κ1) is 29.6. The van der Waals surface area contributed by atoms with Gasteiger partial charge in [-0.25, -0.2) is 0 Å². The van der Waals surface area contributed by atoms with Crippen LogP contribution in [0.2, 0.25) is 0 Å². The second-order valence-electron chi connectivity index (χ2n) is 8.93. The summed E-state index contributed by atoms with van der Waals surface area (Å²) in [6, 6.07) is 0. The summed E-state index contributed by atoms with van der Waals surface area (Å²) in [5, 5.41) is 0. The molecule has 5 atom stereocenters. The molecule has 190 valence electrons. The van der Waals surface area contributed by atoms with Gasteiger partial charge in [-0.1, -0.05) is 73.3 Å². The zero-order chi connectivity index (χ0) is 23.6. The number of hydrogen-bond acceptors (Lipinski definition) is 5. The fourth-order valence-electron chi connectivity index (χ4n) is 3.87. The molecular weight excluding hydrogens is 404 g/mol. The van der Waals surface area contributed by atoms with Gasteiger partial charge in [-0.05, 0) is 37.7 Å². The molecule has 0 N–H and O–H groups in total. The molecule has 1 aliphatic carbocycles. The maximum absolute atomic E-state index is 6.48. The molecule has 0 aromatic heterocycles. The van der Waals surface area contributed by atoms with Crippen LogP contribution >= 0.6 is 0 Å². The highest BCUT2D eigenvalue weighted by Gasteiger charge is 2.50. The van der Waals surface area contributed by atoms with Crippen LogP contribution < -0.4 is 0 Å². The van der Waals surface area contributed by atoms with Crippen molar-refractivity contribution in [2.45, 2.75) is 129 Å². The highest BCUT2D eigenvalue weighted by molar-refractivity contribution is 5.22. The summed E-state index contributed by atoms with van der Waals surface area (Å²) in [7, 11) is 0. The second-order valence-corrected chi connectivity index (χ2v) is 8.93. The van der Waals surface area contributed by atoms with Crippen molar-refractivity contribution >= 4 is 0 Å². The van der Waals surface area contributed by atoms with E-state index < -0.39 is 0 Å². The lowest BCUT2D eigenvalue weighted by Crippen LogP contribution is -2.61. The molecule has 0 bridgehead atoms. The van der Waals surface area contributed by atoms with Crippen molar-refractivity contribution in [3.05, 3.63) is 12.2 Å². The summed E-state index contributed by atoms with van der Waals surface area (Å²) in [4.78, 5) is 0. The Kier molecular flexibility index (Phi) is 17.5. The van der Waals surface area contributed by atoms with Crippen molar-refractivity contribution in [2.24, 2.45) is 0 Å². The Labute approximate surface area is 198 Å². The van der Waals surface area contributed by atoms with Crippen LogP contribution in [0.15, 0.2) is 12.2 Å². The van der Waals surface area contributed by atoms with E-state index in [1.54, 1.807) is 0 Å². The lowest BCUT2D eigenvalue weighted by molar-refractivity contribution is -0.218. The Balaban J connectivity index is 3.18. The van der Waals surface area contributed by atoms with Gasteiger partial charge in [0, 0.05) is 33.0 Å². The Bertz CT molecular complexity index is 421. The third-order valence-electron chi connectivity index (χ3n) is 5.99. The Morgan fingerprint density at radius 1 is 0.469 bits per heavy atom. The molecular formula is C27H52O5. The van der Waals surface area contributed by atoms with Crippen molar-refractivity contribution in [2.75, 3.05) is 33.0 Å². The molecule has 1 saturated carbocycles. The van der Waals surface area contributed by atoms with E-state index >= 15 is 0 Å². The predicted molar refractivity (Wildman–Crippen MR) is 132 cm³/mol. The largest absolute Gasteiger partial charge is 0.373 e. The Morgan fingerprint density at radius 2 is 0.750 bits per heavy atom. The topological polar surface area (TPSA) is 46.2 Å². The molecule has 0 spiro atoms. The molecule has 32 heavy (non-hydrogen) atoms. The molecule has 0 heterocycles. The second kappa shape index (κ2) is 18.9. The monoisotopic (exact) mass is 456 g/mol. The van der Waals surface area contributed by atoms with Gasteiger partial charge in [-0.15, -0.1) is 0 Å². The smallest absolute Gasteiger partial charge is 0.116 e. The zero-order valence-corrected chi connectivity index (χ0v) is 21.7. The summed E-state index contributed by atoms with van der Waals surface area (Å²) >= 11 is 0. The SMILES string of the molecule is C=C1C(OCCCC)C(OCCCC)[C@H](OCCCC)[C@H](OCCCC)C1OCCCC. The summed E-state index contributed by atoms with van der Waals surface area (Å²) < 4.78 is 32.1. The Morgan fingerprint density at radius 3 is 1.06 bits per heavy atom. The number of unbranched alkanes of at least 4 members (excludes halogenated alkanes) is 5. The first-order chi connectivity index (χ1) is 15.7. The summed E-state index contributed by atoms with van der Waals surface area (Å²) in [6.45, 7) is 18.8. The minimum atomic E-state index is -0.234. The van der Waals surface area contributed by atoms with Gasteiger partial charge in [0.05, 0.1) is 0 Å². The first-order valence-electron chi connectivity index (χ1n) is 13.4. The normalized spacial score (nSPS) is 26.0. The molecule has 0 aromatic carbocycles. The molecule has 3 unspecified atom stereocenters. The van der Waals surface area contributed by atoms with Crippen LogP contribution in [0.1, 0.15) is 98.8 Å². The van der Waals surface area contributed by atoms with E-state index in [0.29, 0.717) is 33.0 Å². The van der Waals surface area contributed by atoms with Crippen molar-refractivity contribution in [1.29, 1.82) is 0 Å². The zero-order valence-electron chi connectivity index (χ0n) is 21.7. The third kappa shape index (κ3) is 10.2. The molecule has 5 nitrogen and oxygen atoms in total. The van der Waals surface area contributed by atoms with E-state index in [9.17, 15) is 0 Å². The molecule has 1 rings (SSSR count). The van der Waals surface area contributed by atoms with Crippen LogP contribution in [-0.2, 0) is 23.7 Å². The van der Waals surface area contributed by atoms with Crippen molar-refractivity contribution in [3.63, 3.8) is 0 Å². The summed E-state index contributed by atoms with van der Waals surface area (Å²) in [5.41, 5.74) is 0.940. The van der Waals surface area contributed by atoms with Crippen molar-refractivity contribution < 1.29 is 23.7 Å². The maximum Gasteiger partial charge on any atom is 0.116 e. The van der Waals surface area contributed by atoms with E-state index in [1.807, 2.05) is 0 Å². The fourth-order valence-corrected chi connectivity index (χ4v) is 3.87. The summed E-state index contributed by atoms with van der Waals surface area (Å²) in [6.07, 6.45) is 9.42. The number of hydrogen-bond donors (Lipinski definition) is 0. The van der Waals surface area contributed by atoms with Gasteiger partial charge >= 0.3 is 0 Å². The van der Waals surface area contributed by atoms with Gasteiger partial charge in [0.25, 0.3) is 0 Å². The molecule has 0 aliphatic heterocycles. The summed E-state index contributed by atoms with van der Waals surface area (Å²) in [5.74, 6) is 0. The highest BCUT2D eigenvalue weighted by atomic mass is 16.6. The lowest BCUT2D eigenvalue weighted by atomic mass is 9.82. The molecule has 0 saturated heterocycles. The van der Waals surface area contributed by atoms with Crippen LogP contribution in [0.25, 0.3) is 0 Å². The first-order valence-corrected chi connectivity index (χ1v) is 13.4. The number of rotatable bonds is 20. The molecule has 0 amide bonds. The lowest BCUT2D eigenvalue weighted by Gasteiger charge is -2.47. The van der Waals surface area contributed by atoms with Gasteiger partial charge in [-0.2, -0.15) is 0 Å². The van der Waals surface area contributed by atoms with E-state index in [2.05, 4.69) is 41.2 Å². The van der Waals surface area contributed by atoms with Crippen LogP contribution in [-0.4, -0.2) is 63.6 Å². The van der Waals surface area contributed by atoms with E-state index in [1.165, 1.54) is 0 Å². The van der Waals surface area contributed by atoms with Crippen molar-refractivity contribution in [3.8, 4) is 0 Å². The third-order valence-corrected chi connectivity index (χ3v) is 5.99. The minimum Gasteiger partial charge on any atom is -0.373 e. The van der Waals surface area contributed by atoms with E-state index in [-0.39, 0.29) is 30.5 Å². The molecule has 5 heteroatoms. The minimum absolute atomic E-state index is 0.222. The van der Waals surface area contributed by atoms with Crippen LogP contribution in [0.5, 0.6) is 0 Å².